The maximum Gasteiger partial charge on any atom is 0.338 e. The van der Waals surface area contributed by atoms with E-state index >= 15 is 0 Å². The summed E-state index contributed by atoms with van der Waals surface area (Å²) in [5.74, 6) is -0.406. The second-order valence-electron chi connectivity index (χ2n) is 4.25. The number of carbonyl (C=O) groups excluding carboxylic acids is 1. The van der Waals surface area contributed by atoms with E-state index in [0.717, 1.165) is 0 Å². The number of anilines is 3. The summed E-state index contributed by atoms with van der Waals surface area (Å²) in [4.78, 5) is 11.6. The summed E-state index contributed by atoms with van der Waals surface area (Å²) in [5.41, 5.74) is 8.03. The summed E-state index contributed by atoms with van der Waals surface area (Å²) in [6.07, 6.45) is 0. The van der Waals surface area contributed by atoms with Crippen LogP contribution in [0.25, 0.3) is 0 Å². The van der Waals surface area contributed by atoms with E-state index in [4.69, 9.17) is 33.7 Å². The molecule has 0 bridgehead atoms. The van der Waals surface area contributed by atoms with Crippen molar-refractivity contribution in [1.29, 1.82) is 0 Å². The third-order valence-corrected chi connectivity index (χ3v) is 3.60. The van der Waals surface area contributed by atoms with Crippen molar-refractivity contribution in [3.05, 3.63) is 52.0 Å². The first-order chi connectivity index (χ1) is 10.0. The number of nitrogens with one attached hydrogen (secondary N) is 1. The number of nitrogens with two attached hydrogens (primary N) is 1. The lowest BCUT2D eigenvalue weighted by molar-refractivity contribution is 0.0526. The van der Waals surface area contributed by atoms with Crippen LogP contribution in [0.5, 0.6) is 0 Å². The average molecular weight is 325 g/mol. The number of halogens is 2. The first kappa shape index (κ1) is 15.5. The number of hydrogen-bond acceptors (Lipinski definition) is 4. The number of esters is 1. The first-order valence-electron chi connectivity index (χ1n) is 6.30. The van der Waals surface area contributed by atoms with E-state index in [0.29, 0.717) is 39.3 Å². The van der Waals surface area contributed by atoms with E-state index in [1.807, 2.05) is 0 Å². The van der Waals surface area contributed by atoms with Gasteiger partial charge in [-0.3, -0.25) is 0 Å². The van der Waals surface area contributed by atoms with Gasteiger partial charge in [-0.05, 0) is 37.3 Å². The maximum absolute atomic E-state index is 11.6. The highest BCUT2D eigenvalue weighted by atomic mass is 35.5. The fourth-order valence-corrected chi connectivity index (χ4v) is 2.11. The monoisotopic (exact) mass is 324 g/mol. The van der Waals surface area contributed by atoms with Gasteiger partial charge in [-0.2, -0.15) is 0 Å². The minimum Gasteiger partial charge on any atom is -0.462 e. The number of hydrogen-bond donors (Lipinski definition) is 2. The van der Waals surface area contributed by atoms with Crippen LogP contribution in [0.3, 0.4) is 0 Å². The number of nitrogen functional groups attached to an aromatic ring is 1. The molecule has 0 saturated carbocycles. The van der Waals surface area contributed by atoms with Gasteiger partial charge < -0.3 is 15.8 Å². The van der Waals surface area contributed by atoms with Gasteiger partial charge >= 0.3 is 5.97 Å². The summed E-state index contributed by atoms with van der Waals surface area (Å²) >= 11 is 12.1. The molecule has 0 unspecified atom stereocenters. The quantitative estimate of drug-likeness (QED) is 0.642. The van der Waals surface area contributed by atoms with Crippen molar-refractivity contribution >= 4 is 46.2 Å². The molecule has 110 valence electrons. The van der Waals surface area contributed by atoms with Crippen molar-refractivity contribution in [3.8, 4) is 0 Å². The van der Waals surface area contributed by atoms with E-state index in [1.54, 1.807) is 43.3 Å². The molecule has 3 N–H and O–H groups in total. The van der Waals surface area contributed by atoms with Gasteiger partial charge in [0.2, 0.25) is 0 Å². The molecule has 2 rings (SSSR count). The molecule has 0 fully saturated rings. The summed E-state index contributed by atoms with van der Waals surface area (Å²) < 4.78 is 4.92. The van der Waals surface area contributed by atoms with Crippen LogP contribution in [0, 0.1) is 0 Å². The number of carbonyl (C=O) groups is 1. The molecule has 2 aromatic rings. The Labute approximate surface area is 132 Å². The second-order valence-corrected chi connectivity index (χ2v) is 5.03. The van der Waals surface area contributed by atoms with E-state index < -0.39 is 5.97 Å². The number of ether oxygens (including phenoxy) is 1. The van der Waals surface area contributed by atoms with Gasteiger partial charge in [0.05, 0.1) is 39.3 Å². The number of benzene rings is 2. The predicted molar refractivity (Wildman–Crippen MR) is 86.6 cm³/mol. The molecule has 0 heterocycles. The Morgan fingerprint density at radius 1 is 1.24 bits per heavy atom. The summed E-state index contributed by atoms with van der Waals surface area (Å²) in [7, 11) is 0. The fraction of sp³-hybridized carbons (Fsp3) is 0.133. The molecule has 2 aromatic carbocycles. The van der Waals surface area contributed by atoms with Crippen molar-refractivity contribution in [3.63, 3.8) is 0 Å². The van der Waals surface area contributed by atoms with Gasteiger partial charge in [-0.25, -0.2) is 4.79 Å². The Hall–Kier alpha value is -1.91. The van der Waals surface area contributed by atoms with Crippen molar-refractivity contribution in [1.82, 2.24) is 0 Å². The van der Waals surface area contributed by atoms with E-state index in [9.17, 15) is 4.79 Å². The van der Waals surface area contributed by atoms with Gasteiger partial charge in [-0.15, -0.1) is 0 Å². The van der Waals surface area contributed by atoms with Crippen LogP contribution < -0.4 is 11.1 Å². The molecular formula is C15H14Cl2N2O2. The van der Waals surface area contributed by atoms with Crippen molar-refractivity contribution in [2.75, 3.05) is 17.7 Å². The van der Waals surface area contributed by atoms with Crippen LogP contribution in [-0.2, 0) is 4.74 Å². The fourth-order valence-electron chi connectivity index (χ4n) is 1.76. The Bertz CT molecular complexity index is 675. The zero-order chi connectivity index (χ0) is 15.4. The standard InChI is InChI=1S/C15H14Cl2N2O2/c1-2-21-15(20)9-6-7-12(11(18)8-9)19-13-5-3-4-10(16)14(13)17/h3-8,19H,2,18H2,1H3. The lowest BCUT2D eigenvalue weighted by atomic mass is 10.1. The van der Waals surface area contributed by atoms with Crippen molar-refractivity contribution in [2.45, 2.75) is 6.92 Å². The van der Waals surface area contributed by atoms with Crippen molar-refractivity contribution < 1.29 is 9.53 Å². The highest BCUT2D eigenvalue weighted by Crippen LogP contribution is 2.33. The Kier molecular flexibility index (Phi) is 4.94. The smallest absolute Gasteiger partial charge is 0.338 e. The van der Waals surface area contributed by atoms with Crippen molar-refractivity contribution in [2.24, 2.45) is 0 Å². The van der Waals surface area contributed by atoms with Gasteiger partial charge in [0, 0.05) is 0 Å². The lowest BCUT2D eigenvalue weighted by Crippen LogP contribution is -2.06. The molecule has 0 spiro atoms. The Morgan fingerprint density at radius 2 is 2.00 bits per heavy atom. The van der Waals surface area contributed by atoms with Gasteiger partial charge in [0.1, 0.15) is 0 Å². The zero-order valence-corrected chi connectivity index (χ0v) is 12.8. The molecule has 0 aromatic heterocycles. The summed E-state index contributed by atoms with van der Waals surface area (Å²) in [6, 6.07) is 10.1. The minimum absolute atomic E-state index is 0.316. The molecule has 0 amide bonds. The van der Waals surface area contributed by atoms with Crippen LogP contribution in [0.15, 0.2) is 36.4 Å². The van der Waals surface area contributed by atoms with Gasteiger partial charge in [-0.1, -0.05) is 29.3 Å². The molecule has 0 radical (unpaired) electrons. The molecular weight excluding hydrogens is 311 g/mol. The van der Waals surface area contributed by atoms with Crippen LogP contribution in [0.2, 0.25) is 10.0 Å². The lowest BCUT2D eigenvalue weighted by Gasteiger charge is -2.12. The topological polar surface area (TPSA) is 64.3 Å². The Balaban J connectivity index is 2.25. The minimum atomic E-state index is -0.406. The Morgan fingerprint density at radius 3 is 2.67 bits per heavy atom. The van der Waals surface area contributed by atoms with Crippen LogP contribution >= 0.6 is 23.2 Å². The largest absolute Gasteiger partial charge is 0.462 e. The third-order valence-electron chi connectivity index (χ3n) is 2.78. The SMILES string of the molecule is CCOC(=O)c1ccc(Nc2cccc(Cl)c2Cl)c(N)c1. The average Bonchev–Trinajstić information content (AvgIpc) is 2.46. The van der Waals surface area contributed by atoms with Crippen LogP contribution in [0.4, 0.5) is 17.1 Å². The van der Waals surface area contributed by atoms with E-state index in [2.05, 4.69) is 5.32 Å². The highest BCUT2D eigenvalue weighted by Gasteiger charge is 2.10. The van der Waals surface area contributed by atoms with Gasteiger partial charge in [0.15, 0.2) is 0 Å². The summed E-state index contributed by atoms with van der Waals surface area (Å²) in [6.45, 7) is 2.06. The predicted octanol–water partition coefficient (Wildman–Crippen LogP) is 4.50. The molecule has 0 aliphatic rings. The molecule has 21 heavy (non-hydrogen) atoms. The molecule has 4 nitrogen and oxygen atoms in total. The second kappa shape index (κ2) is 6.70. The maximum atomic E-state index is 11.6. The molecule has 0 saturated heterocycles. The molecule has 0 atom stereocenters. The summed E-state index contributed by atoms with van der Waals surface area (Å²) in [5, 5.41) is 3.94. The van der Waals surface area contributed by atoms with Crippen LogP contribution in [0.1, 0.15) is 17.3 Å². The highest BCUT2D eigenvalue weighted by molar-refractivity contribution is 6.43. The van der Waals surface area contributed by atoms with Gasteiger partial charge in [0.25, 0.3) is 0 Å². The van der Waals surface area contributed by atoms with Crippen LogP contribution in [-0.4, -0.2) is 12.6 Å². The number of rotatable bonds is 4. The molecule has 0 aliphatic carbocycles. The first-order valence-corrected chi connectivity index (χ1v) is 7.06. The zero-order valence-electron chi connectivity index (χ0n) is 11.3. The molecule has 6 heteroatoms. The normalized spacial score (nSPS) is 10.2. The third kappa shape index (κ3) is 3.60. The van der Waals surface area contributed by atoms with E-state index in [-0.39, 0.29) is 0 Å². The molecule has 0 aliphatic heterocycles. The van der Waals surface area contributed by atoms with E-state index in [1.165, 1.54) is 0 Å².